The summed E-state index contributed by atoms with van der Waals surface area (Å²) >= 11 is 5.12. The molecule has 15 aromatic rings. The Balaban J connectivity index is 0.000000128. The van der Waals surface area contributed by atoms with E-state index in [1.54, 1.807) is 86.2 Å². The maximum atomic E-state index is 11.6. The zero-order chi connectivity index (χ0) is 101. The Bertz CT molecular complexity index is 7800. The molecule has 14 aromatic carbocycles. The highest BCUT2D eigenvalue weighted by Crippen LogP contribution is 2.45. The first kappa shape index (κ1) is 102. The molecule has 5 unspecified atom stereocenters. The Labute approximate surface area is 845 Å². The van der Waals surface area contributed by atoms with Gasteiger partial charge in [-0.25, -0.2) is 67.8 Å². The van der Waals surface area contributed by atoms with Gasteiger partial charge in [0.15, 0.2) is 0 Å². The first-order valence-corrected chi connectivity index (χ1v) is 54.5. The summed E-state index contributed by atoms with van der Waals surface area (Å²) in [5, 5.41) is 71.6. The van der Waals surface area contributed by atoms with Gasteiger partial charge in [-0.05, 0) is 245 Å². The fraction of sp³-hybridized carbons (Fsp3) is 0.139. The van der Waals surface area contributed by atoms with Crippen LogP contribution in [0, 0.1) is 13.8 Å². The van der Waals surface area contributed by atoms with Crippen molar-refractivity contribution in [2.75, 3.05) is 39.3 Å². The molecule has 20 rings (SSSR count). The summed E-state index contributed by atoms with van der Waals surface area (Å²) in [5.41, 5.74) is 21.9. The molecule has 0 radical (unpaired) electrons. The third-order valence-corrected chi connectivity index (χ3v) is 30.5. The quantitative estimate of drug-likeness (QED) is 0.0346. The lowest BCUT2D eigenvalue weighted by Crippen LogP contribution is -2.19. The lowest BCUT2D eigenvalue weighted by atomic mass is 9.97. The van der Waals surface area contributed by atoms with Crippen LogP contribution in [0.25, 0.3) is 0 Å². The number of aliphatic hydroxyl groups excluding tert-OH is 1. The molecular formula is C108H102BrN15O13S6. The van der Waals surface area contributed by atoms with Gasteiger partial charge in [-0.2, -0.15) is 25.5 Å². The second kappa shape index (κ2) is 44.5. The van der Waals surface area contributed by atoms with Crippen LogP contribution < -0.4 is 60.2 Å². The Morgan fingerprint density at radius 3 is 0.874 bits per heavy atom. The van der Waals surface area contributed by atoms with Gasteiger partial charge in [-0.3, -0.25) is 25.0 Å². The molecule has 1 aromatic heterocycles. The molecule has 0 saturated heterocycles. The van der Waals surface area contributed by atoms with E-state index in [0.29, 0.717) is 6.42 Å². The maximum absolute atomic E-state index is 11.6. The highest BCUT2D eigenvalue weighted by molar-refractivity contribution is 9.10. The molecule has 0 spiro atoms. The van der Waals surface area contributed by atoms with Crippen molar-refractivity contribution >= 4 is 134 Å². The third-order valence-electron chi connectivity index (χ3n) is 24.4. The number of rotatable bonds is 23. The number of benzene rings is 14. The molecule has 0 bridgehead atoms. The number of thiophene rings is 1. The van der Waals surface area contributed by atoms with Gasteiger partial charge in [-0.15, -0.1) is 11.3 Å². The lowest BCUT2D eigenvalue weighted by Gasteiger charge is -2.24. The van der Waals surface area contributed by atoms with Crippen LogP contribution in [0.15, 0.2) is 430 Å². The molecule has 5 atom stereocenters. The van der Waals surface area contributed by atoms with Crippen LogP contribution in [0.1, 0.15) is 134 Å². The van der Waals surface area contributed by atoms with E-state index in [4.69, 9.17) is 60.7 Å². The van der Waals surface area contributed by atoms with Gasteiger partial charge >= 0.3 is 0 Å². The number of nitrogens with two attached hydrogens (primary N) is 5. The summed E-state index contributed by atoms with van der Waals surface area (Å²) in [4.78, 5) is 1.53. The van der Waals surface area contributed by atoms with Gasteiger partial charge in [0.2, 0.25) is 50.1 Å². The lowest BCUT2D eigenvalue weighted by molar-refractivity contribution is 0.282. The third kappa shape index (κ3) is 25.3. The van der Waals surface area contributed by atoms with Gasteiger partial charge in [0.25, 0.3) is 0 Å². The molecule has 11 N–H and O–H groups in total. The minimum absolute atomic E-state index is 0.00309. The van der Waals surface area contributed by atoms with Gasteiger partial charge in [0.05, 0.1) is 137 Å². The first-order valence-electron chi connectivity index (χ1n) is 45.1. The SMILES string of the molecule is COc1ccc(C2CC(c3ccccc3)=NN2c2ccc(S(N)(=O)=O)cc2)cc1.COc1ccc(C2CC(c3cccs3)=NN2c2ccc(S(N)(=O)=O)cc2)cc1.Cc1ccc(C2CC(c3ccccc3)=NN2c2ccc(S(N)(=O)=O)cc2)cc1.Cc1cccc(C2CC(c3ccccc3)=NN2c2ccc(S(N)(=O)=O)cc2)c1.NS(=O)(=O)c1ccc(N2N=C(c3cccc(CO)c3)CC2c2ccc(Br)cc2)cc1. The van der Waals surface area contributed by atoms with Crippen LogP contribution in [0.3, 0.4) is 0 Å². The number of aliphatic hydroxyl groups is 1. The van der Waals surface area contributed by atoms with Crippen molar-refractivity contribution in [3.05, 3.63) is 452 Å². The molecule has 35 heteroatoms. The van der Waals surface area contributed by atoms with Crippen molar-refractivity contribution in [3.8, 4) is 11.5 Å². The molecular weight excluding hydrogens is 1990 g/mol. The molecule has 5 aliphatic heterocycles. The molecule has 143 heavy (non-hydrogen) atoms. The van der Waals surface area contributed by atoms with Crippen LogP contribution in [0.2, 0.25) is 0 Å². The highest BCUT2D eigenvalue weighted by atomic mass is 79.9. The maximum Gasteiger partial charge on any atom is 0.238 e. The zero-order valence-corrected chi connectivity index (χ0v) is 84.4. The Morgan fingerprint density at radius 1 is 0.301 bits per heavy atom. The van der Waals surface area contributed by atoms with Gasteiger partial charge in [0.1, 0.15) is 11.5 Å². The predicted molar refractivity (Wildman–Crippen MR) is 569 cm³/mol. The molecule has 0 amide bonds. The number of methoxy groups -OCH3 is 2. The average Bonchev–Trinajstić information content (AvgIpc) is 1.66. The summed E-state index contributed by atoms with van der Waals surface area (Å²) in [6, 6.07) is 115. The van der Waals surface area contributed by atoms with E-state index in [9.17, 15) is 47.2 Å². The second-order valence-electron chi connectivity index (χ2n) is 34.1. The van der Waals surface area contributed by atoms with E-state index in [-0.39, 0.29) is 61.3 Å². The second-order valence-corrected chi connectivity index (χ2v) is 43.8. The van der Waals surface area contributed by atoms with Crippen molar-refractivity contribution < 1.29 is 56.7 Å². The van der Waals surface area contributed by atoms with Crippen LogP contribution in [-0.4, -0.2) is 90.0 Å². The van der Waals surface area contributed by atoms with E-state index in [0.717, 1.165) is 154 Å². The number of sulfonamides is 5. The van der Waals surface area contributed by atoms with E-state index < -0.39 is 50.1 Å². The number of hydrogen-bond donors (Lipinski definition) is 6. The summed E-state index contributed by atoms with van der Waals surface area (Å²) < 4.78 is 127. The van der Waals surface area contributed by atoms with E-state index in [1.807, 2.05) is 206 Å². The standard InChI is InChI=1S/C22H20BrN3O3S.C22H21N3O3S.2C22H21N3O2S.C20H19N3O3S2/c23-18-6-4-16(5-7-18)22-13-21(17-3-1-2-15(12-17)14-27)25-26(22)19-8-10-20(11-9-19)30(24,28)29;1-28-19-11-7-17(8-12-19)22-15-21(16-5-3-2-4-6-16)24-25(22)18-9-13-20(14-10-18)29(23,26)27;1-16-6-5-9-18(14-16)22-15-21(17-7-3-2-4-8-17)24-25(22)19-10-12-20(13-11-19)28(23,26)27;1-16-7-9-18(10-8-16)22-15-21(17-5-3-2-4-6-17)24-25(22)19-11-13-20(14-12-19)28(23,26)27;1-26-16-8-4-14(5-9-16)19-13-18(20-3-2-12-27-20)22-23(19)15-6-10-17(11-7-15)28(21,24)25/h1-12,22,27H,13-14H2,(H2,24,28,29);2-14,22H,15H2,1H3,(H2,23,26,27);2*2-14,22H,15H2,1H3,(H2,23,26,27);2-12,19H,13H2,1H3,(H2,21,24,25). The van der Waals surface area contributed by atoms with Crippen LogP contribution in [0.5, 0.6) is 11.5 Å². The zero-order valence-electron chi connectivity index (χ0n) is 78.0. The number of hydrogen-bond acceptors (Lipinski definition) is 24. The summed E-state index contributed by atoms with van der Waals surface area (Å²) in [5.74, 6) is 1.59. The normalized spacial score (nSPS) is 16.7. The first-order chi connectivity index (χ1) is 68.6. The number of hydrazone groups is 5. The fourth-order valence-corrected chi connectivity index (χ4v) is 20.6. The number of halogens is 1. The number of primary sulfonamides is 5. The minimum Gasteiger partial charge on any atom is -0.497 e. The van der Waals surface area contributed by atoms with Crippen molar-refractivity contribution in [1.82, 2.24) is 0 Å². The molecule has 28 nitrogen and oxygen atoms in total. The summed E-state index contributed by atoms with van der Waals surface area (Å²) in [7, 11) is -15.4. The van der Waals surface area contributed by atoms with Crippen LogP contribution in [-0.2, 0) is 56.7 Å². The smallest absolute Gasteiger partial charge is 0.238 e. The van der Waals surface area contributed by atoms with Gasteiger partial charge < -0.3 is 14.6 Å². The van der Waals surface area contributed by atoms with Gasteiger partial charge in [0, 0.05) is 36.6 Å². The van der Waals surface area contributed by atoms with E-state index in [1.165, 1.54) is 77.4 Å². The monoisotopic (exact) mass is 2090 g/mol. The number of nitrogens with zero attached hydrogens (tertiary/aromatic N) is 10. The Kier molecular flexibility index (Phi) is 31.6. The van der Waals surface area contributed by atoms with Crippen LogP contribution >= 0.6 is 27.3 Å². The van der Waals surface area contributed by atoms with Crippen molar-refractivity contribution in [2.45, 2.75) is 107 Å². The summed E-state index contributed by atoms with van der Waals surface area (Å²) in [6.07, 6.45) is 3.69. The molecule has 0 saturated carbocycles. The van der Waals surface area contributed by atoms with E-state index >= 15 is 0 Å². The molecule has 5 aliphatic rings. The molecule has 0 aliphatic carbocycles. The number of ether oxygens (including phenoxy) is 2. The van der Waals surface area contributed by atoms with E-state index in [2.05, 4.69) is 103 Å². The molecule has 730 valence electrons. The average molecular weight is 2090 g/mol. The Morgan fingerprint density at radius 2 is 0.580 bits per heavy atom. The highest BCUT2D eigenvalue weighted by Gasteiger charge is 2.37. The molecule has 0 fully saturated rings. The van der Waals surface area contributed by atoms with Crippen molar-refractivity contribution in [1.29, 1.82) is 0 Å². The topological polar surface area (TPSA) is 417 Å². The summed E-state index contributed by atoms with van der Waals surface area (Å²) in [6.45, 7) is 4.10. The van der Waals surface area contributed by atoms with Crippen molar-refractivity contribution in [3.63, 3.8) is 0 Å². The minimum atomic E-state index is -3.76. The van der Waals surface area contributed by atoms with Crippen LogP contribution in [0.4, 0.5) is 28.4 Å². The largest absolute Gasteiger partial charge is 0.497 e. The number of aryl methyl sites for hydroxylation is 2. The Hall–Kier alpha value is -14.3. The fourth-order valence-electron chi connectivity index (χ4n) is 17.0. The number of anilines is 5. The molecule has 6 heterocycles. The van der Waals surface area contributed by atoms with Gasteiger partial charge in [-0.1, -0.05) is 227 Å². The predicted octanol–water partition coefficient (Wildman–Crippen LogP) is 19.4. The van der Waals surface area contributed by atoms with Crippen molar-refractivity contribution in [2.24, 2.45) is 51.2 Å².